The molecule has 0 saturated carbocycles. The maximum absolute atomic E-state index is 11.1. The second kappa shape index (κ2) is 10.8. The second-order valence-corrected chi connectivity index (χ2v) is 9.34. The van der Waals surface area contributed by atoms with Gasteiger partial charge < -0.3 is 29.7 Å². The van der Waals surface area contributed by atoms with Crippen LogP contribution in [0.2, 0.25) is 0 Å². The molecule has 2 aromatic rings. The number of hydrogen-bond donors (Lipinski definition) is 3. The molecule has 12 nitrogen and oxygen atoms in total. The van der Waals surface area contributed by atoms with E-state index in [-0.39, 0.29) is 37.5 Å². The minimum Gasteiger partial charge on any atom is -0.394 e. The lowest BCUT2D eigenvalue weighted by Gasteiger charge is -2.37. The first-order valence-electron chi connectivity index (χ1n) is 10.4. The van der Waals surface area contributed by atoms with E-state index in [0.29, 0.717) is 11.2 Å². The molecule has 0 amide bonds. The van der Waals surface area contributed by atoms with E-state index in [4.69, 9.17) is 24.8 Å². The highest BCUT2D eigenvalue weighted by Crippen LogP contribution is 2.50. The fraction of sp³-hybridized carbons (Fsp3) is 0.684. The number of nitrogen functional groups attached to an aromatic ring is 1. The van der Waals surface area contributed by atoms with E-state index in [1.807, 2.05) is 32.4 Å². The van der Waals surface area contributed by atoms with Crippen molar-refractivity contribution in [3.8, 4) is 6.07 Å². The Labute approximate surface area is 187 Å². The largest absolute Gasteiger partial charge is 0.394 e. The molecule has 1 aliphatic rings. The number of hydrogen-bond acceptors (Lipinski definition) is 11. The monoisotopic (exact) mass is 467 g/mol. The maximum Gasteiger partial charge on any atom is 0.259 e. The van der Waals surface area contributed by atoms with Gasteiger partial charge in [-0.1, -0.05) is 0 Å². The van der Waals surface area contributed by atoms with Crippen molar-refractivity contribution in [2.75, 3.05) is 18.9 Å². The summed E-state index contributed by atoms with van der Waals surface area (Å²) in [7, 11) is -1.64. The van der Waals surface area contributed by atoms with Gasteiger partial charge in [-0.25, -0.2) is 19.6 Å². The number of aliphatic hydroxyl groups is 2. The zero-order chi connectivity index (χ0) is 23.4. The molecule has 1 fully saturated rings. The molecule has 32 heavy (non-hydrogen) atoms. The summed E-state index contributed by atoms with van der Waals surface area (Å²) in [5.41, 5.74) is 6.65. The Hall–Kier alpha value is -1.97. The van der Waals surface area contributed by atoms with E-state index in [1.165, 1.54) is 12.7 Å². The summed E-state index contributed by atoms with van der Waals surface area (Å²) in [6, 6.07) is 2.23. The van der Waals surface area contributed by atoms with Gasteiger partial charge in [-0.2, -0.15) is 5.26 Å². The average Bonchev–Trinajstić information content (AvgIpc) is 3.30. The number of aliphatic hydroxyl groups excluding tert-OH is 2. The van der Waals surface area contributed by atoms with Gasteiger partial charge in [-0.3, -0.25) is 4.57 Å². The number of imidazole rings is 1. The molecule has 2 aromatic heterocycles. The quantitative estimate of drug-likeness (QED) is 0.341. The van der Waals surface area contributed by atoms with Gasteiger partial charge in [-0.05, 0) is 27.7 Å². The van der Waals surface area contributed by atoms with Crippen LogP contribution in [0.25, 0.3) is 11.2 Å². The van der Waals surface area contributed by atoms with Crippen molar-refractivity contribution in [1.29, 1.82) is 5.26 Å². The Morgan fingerprint density at radius 2 is 2.03 bits per heavy atom. The third-order valence-corrected chi connectivity index (χ3v) is 7.15. The molecule has 1 aliphatic heterocycles. The molecule has 1 saturated heterocycles. The lowest BCUT2D eigenvalue weighted by Crippen LogP contribution is -2.39. The summed E-state index contributed by atoms with van der Waals surface area (Å²) in [5, 5.41) is 30.0. The highest BCUT2D eigenvalue weighted by atomic mass is 31.2. The van der Waals surface area contributed by atoms with Gasteiger partial charge in [0, 0.05) is 12.1 Å². The molecule has 0 bridgehead atoms. The van der Waals surface area contributed by atoms with Crippen molar-refractivity contribution in [1.82, 2.24) is 24.2 Å². The number of fused-ring (bicyclic) bond motifs is 1. The van der Waals surface area contributed by atoms with Crippen LogP contribution in [0.4, 0.5) is 5.82 Å². The van der Waals surface area contributed by atoms with Crippen LogP contribution in [-0.4, -0.2) is 78.0 Å². The van der Waals surface area contributed by atoms with E-state index < -0.39 is 33.1 Å². The Balaban J connectivity index is 1.87. The lowest BCUT2D eigenvalue weighted by atomic mass is 10.1. The molecule has 5 atom stereocenters. The summed E-state index contributed by atoms with van der Waals surface area (Å²) in [6.45, 7) is 7.89. The van der Waals surface area contributed by atoms with Gasteiger partial charge >= 0.3 is 0 Å². The molecule has 3 rings (SSSR count). The summed E-state index contributed by atoms with van der Waals surface area (Å²) < 4.78 is 21.7. The Bertz CT molecular complexity index is 928. The van der Waals surface area contributed by atoms with Gasteiger partial charge in [0.05, 0.1) is 32.0 Å². The summed E-state index contributed by atoms with van der Waals surface area (Å²) >= 11 is 0. The van der Waals surface area contributed by atoms with Crippen LogP contribution in [-0.2, 0) is 13.8 Å². The third kappa shape index (κ3) is 5.00. The molecule has 176 valence electrons. The summed E-state index contributed by atoms with van der Waals surface area (Å²) in [5.74, 6) is 0.215. The molecule has 13 heteroatoms. The second-order valence-electron chi connectivity index (χ2n) is 7.94. The zero-order valence-corrected chi connectivity index (χ0v) is 19.5. The molecule has 0 aromatic carbocycles. The summed E-state index contributed by atoms with van der Waals surface area (Å²) in [6.07, 6.45) is -0.761. The molecule has 0 spiro atoms. The topological polar surface area (TPSA) is 165 Å². The zero-order valence-electron chi connectivity index (χ0n) is 18.6. The Kier molecular flexibility index (Phi) is 8.30. The smallest absolute Gasteiger partial charge is 0.259 e. The van der Waals surface area contributed by atoms with Gasteiger partial charge in [0.1, 0.15) is 30.2 Å². The number of aromatic nitrogens is 4. The molecule has 0 radical (unpaired) electrons. The number of nitrogens with zero attached hydrogens (tertiary/aromatic N) is 6. The minimum absolute atomic E-state index is 0.0864. The molecule has 1 unspecified atom stereocenters. The SMILES string of the molecule is CC(C)N(C(C)C)P(OCCC#N)O[C@H]1[C@@H](O)[C@H](n2cnc3c(N)ncnc32)O[C@@H]1CO. The highest BCUT2D eigenvalue weighted by Gasteiger charge is 2.48. The van der Waals surface area contributed by atoms with Crippen molar-refractivity contribution < 1.29 is 24.0 Å². The van der Waals surface area contributed by atoms with Gasteiger partial charge in [0.15, 0.2) is 17.7 Å². The fourth-order valence-corrected chi connectivity index (χ4v) is 5.45. The molecule has 3 heterocycles. The van der Waals surface area contributed by atoms with E-state index in [0.717, 1.165) is 0 Å². The molecular formula is C19H30N7O5P. The normalized spacial score (nSPS) is 24.6. The van der Waals surface area contributed by atoms with E-state index in [2.05, 4.69) is 21.0 Å². The molecule has 4 N–H and O–H groups in total. The van der Waals surface area contributed by atoms with Crippen LogP contribution < -0.4 is 5.73 Å². The number of rotatable bonds is 10. The van der Waals surface area contributed by atoms with Gasteiger partial charge in [-0.15, -0.1) is 0 Å². The first kappa shape index (κ1) is 24.7. The fourth-order valence-electron chi connectivity index (χ4n) is 3.68. The van der Waals surface area contributed by atoms with E-state index in [9.17, 15) is 10.2 Å². The van der Waals surface area contributed by atoms with Crippen LogP contribution in [0.1, 0.15) is 40.3 Å². The first-order valence-corrected chi connectivity index (χ1v) is 11.6. The lowest BCUT2D eigenvalue weighted by molar-refractivity contribution is -0.0506. The van der Waals surface area contributed by atoms with Crippen LogP contribution in [0, 0.1) is 11.3 Å². The van der Waals surface area contributed by atoms with E-state index >= 15 is 0 Å². The van der Waals surface area contributed by atoms with E-state index in [1.54, 1.807) is 4.57 Å². The third-order valence-electron chi connectivity index (χ3n) is 5.02. The van der Waals surface area contributed by atoms with Crippen LogP contribution in [0.3, 0.4) is 0 Å². The Morgan fingerprint density at radius 1 is 1.31 bits per heavy atom. The standard InChI is InChI=1S/C19H30N7O5P/c1-11(2)26(12(3)4)32(29-7-5-6-20)31-16-13(8-27)30-19(15(16)28)25-10-24-14-17(21)22-9-23-18(14)25/h9-13,15-16,19,27-28H,5,7-8H2,1-4H3,(H2,21,22,23)/t13-,15-,16-,19-,32?/m1/s1. The van der Waals surface area contributed by atoms with Crippen LogP contribution in [0.15, 0.2) is 12.7 Å². The average molecular weight is 467 g/mol. The van der Waals surface area contributed by atoms with Crippen molar-refractivity contribution in [2.24, 2.45) is 0 Å². The number of anilines is 1. The van der Waals surface area contributed by atoms with Gasteiger partial charge in [0.2, 0.25) is 0 Å². The van der Waals surface area contributed by atoms with Crippen molar-refractivity contribution in [3.05, 3.63) is 12.7 Å². The molecule has 0 aliphatic carbocycles. The van der Waals surface area contributed by atoms with Crippen molar-refractivity contribution >= 4 is 25.5 Å². The van der Waals surface area contributed by atoms with Crippen LogP contribution in [0.5, 0.6) is 0 Å². The number of nitrogens with two attached hydrogens (primary N) is 1. The Morgan fingerprint density at radius 3 is 2.66 bits per heavy atom. The van der Waals surface area contributed by atoms with Crippen molar-refractivity contribution in [3.63, 3.8) is 0 Å². The minimum atomic E-state index is -1.64. The first-order chi connectivity index (χ1) is 15.3. The van der Waals surface area contributed by atoms with Gasteiger partial charge in [0.25, 0.3) is 8.53 Å². The summed E-state index contributed by atoms with van der Waals surface area (Å²) in [4.78, 5) is 12.3. The predicted molar refractivity (Wildman–Crippen MR) is 117 cm³/mol. The molecular weight excluding hydrogens is 437 g/mol. The number of nitriles is 1. The van der Waals surface area contributed by atoms with Crippen molar-refractivity contribution in [2.45, 2.75) is 70.7 Å². The number of ether oxygens (including phenoxy) is 1. The highest BCUT2D eigenvalue weighted by molar-refractivity contribution is 7.44. The predicted octanol–water partition coefficient (Wildman–Crippen LogP) is 1.32. The maximum atomic E-state index is 11.1. The van der Waals surface area contributed by atoms with Crippen LogP contribution >= 0.6 is 8.53 Å².